The molecule has 0 bridgehead atoms. The summed E-state index contributed by atoms with van der Waals surface area (Å²) in [7, 11) is 0. The van der Waals surface area contributed by atoms with Gasteiger partial charge in [0.05, 0.1) is 10.7 Å². The molecule has 0 amide bonds. The highest BCUT2D eigenvalue weighted by atomic mass is 35.5. The van der Waals surface area contributed by atoms with Crippen molar-refractivity contribution >= 4 is 17.3 Å². The molecule has 0 radical (unpaired) electrons. The first-order valence-corrected chi connectivity index (χ1v) is 6.62. The van der Waals surface area contributed by atoms with Gasteiger partial charge in [0, 0.05) is 25.2 Å². The van der Waals surface area contributed by atoms with Gasteiger partial charge in [0.1, 0.15) is 5.82 Å². The van der Waals surface area contributed by atoms with E-state index >= 15 is 0 Å². The molecule has 1 atom stereocenters. The van der Waals surface area contributed by atoms with Crippen molar-refractivity contribution in [2.45, 2.75) is 25.8 Å². The molecular formula is C13H17ClF2N2. The van der Waals surface area contributed by atoms with Gasteiger partial charge in [0.15, 0.2) is 5.82 Å². The third kappa shape index (κ3) is 2.93. The summed E-state index contributed by atoms with van der Waals surface area (Å²) in [5.41, 5.74) is 0.320. The van der Waals surface area contributed by atoms with Crippen LogP contribution in [0.1, 0.15) is 19.8 Å². The van der Waals surface area contributed by atoms with Crippen molar-refractivity contribution in [2.75, 3.05) is 24.5 Å². The van der Waals surface area contributed by atoms with Crippen LogP contribution in [0.25, 0.3) is 0 Å². The molecule has 0 aromatic heterocycles. The number of hydrogen-bond donors (Lipinski definition) is 1. The number of benzene rings is 1. The predicted octanol–water partition coefficient (Wildman–Crippen LogP) is 3.20. The minimum absolute atomic E-state index is 0.143. The lowest BCUT2D eigenvalue weighted by atomic mass is 10.0. The molecule has 1 heterocycles. The summed E-state index contributed by atoms with van der Waals surface area (Å²) < 4.78 is 26.8. The highest BCUT2D eigenvalue weighted by Gasteiger charge is 2.23. The van der Waals surface area contributed by atoms with Gasteiger partial charge in [-0.05, 0) is 25.5 Å². The maximum absolute atomic E-state index is 13.8. The molecule has 1 saturated heterocycles. The second-order valence-electron chi connectivity index (χ2n) is 4.56. The first-order valence-electron chi connectivity index (χ1n) is 6.24. The van der Waals surface area contributed by atoms with Crippen molar-refractivity contribution in [3.8, 4) is 0 Å². The average Bonchev–Trinajstić information content (AvgIpc) is 2.28. The fourth-order valence-electron chi connectivity index (χ4n) is 2.47. The number of likely N-dealkylation sites (N-methyl/N-ethyl adjacent to an activating group) is 1. The van der Waals surface area contributed by atoms with Crippen LogP contribution in [0.4, 0.5) is 14.5 Å². The van der Waals surface area contributed by atoms with Crippen molar-refractivity contribution in [1.29, 1.82) is 0 Å². The lowest BCUT2D eigenvalue weighted by Gasteiger charge is -2.35. The van der Waals surface area contributed by atoms with E-state index in [0.29, 0.717) is 18.3 Å². The fourth-order valence-corrected chi connectivity index (χ4v) is 2.79. The van der Waals surface area contributed by atoms with Gasteiger partial charge < -0.3 is 10.2 Å². The van der Waals surface area contributed by atoms with Crippen LogP contribution in [0.5, 0.6) is 0 Å². The summed E-state index contributed by atoms with van der Waals surface area (Å²) in [5, 5.41) is 3.50. The molecule has 5 heteroatoms. The number of nitrogens with zero attached hydrogens (tertiary/aromatic N) is 1. The zero-order chi connectivity index (χ0) is 13.1. The van der Waals surface area contributed by atoms with Crippen LogP contribution in [-0.2, 0) is 0 Å². The van der Waals surface area contributed by atoms with E-state index in [1.54, 1.807) is 0 Å². The first-order chi connectivity index (χ1) is 8.61. The van der Waals surface area contributed by atoms with E-state index in [0.717, 1.165) is 38.1 Å². The van der Waals surface area contributed by atoms with Crippen LogP contribution >= 0.6 is 11.6 Å². The molecule has 18 heavy (non-hydrogen) atoms. The number of anilines is 1. The Labute approximate surface area is 111 Å². The number of halogens is 3. The molecule has 0 aliphatic carbocycles. The Kier molecular flexibility index (Phi) is 4.40. The normalized spacial score (nSPS) is 20.2. The number of piperidine rings is 1. The predicted molar refractivity (Wildman–Crippen MR) is 70.3 cm³/mol. The Morgan fingerprint density at radius 2 is 2.22 bits per heavy atom. The molecule has 1 unspecified atom stereocenters. The van der Waals surface area contributed by atoms with Crippen LogP contribution in [0.15, 0.2) is 12.1 Å². The van der Waals surface area contributed by atoms with Gasteiger partial charge in [-0.3, -0.25) is 0 Å². The van der Waals surface area contributed by atoms with E-state index in [9.17, 15) is 8.78 Å². The van der Waals surface area contributed by atoms with Gasteiger partial charge in [-0.1, -0.05) is 18.5 Å². The largest absolute Gasteiger partial charge is 0.366 e. The summed E-state index contributed by atoms with van der Waals surface area (Å²) in [6.45, 7) is 4.39. The second kappa shape index (κ2) is 5.85. The molecule has 100 valence electrons. The fraction of sp³-hybridized carbons (Fsp3) is 0.538. The topological polar surface area (TPSA) is 15.3 Å². The minimum atomic E-state index is -0.638. The monoisotopic (exact) mass is 274 g/mol. The molecule has 1 fully saturated rings. The standard InChI is InChI=1S/C13H17ClF2N2/c1-2-17-10-4-3-5-18(8-10)13-11(14)6-9(15)7-12(13)16/h6-7,10,17H,2-5,8H2,1H3. The Balaban J connectivity index is 2.20. The number of rotatable bonds is 3. The Hall–Kier alpha value is -0.870. The van der Waals surface area contributed by atoms with E-state index in [1.165, 1.54) is 0 Å². The summed E-state index contributed by atoms with van der Waals surface area (Å²) in [5.74, 6) is -1.22. The molecule has 1 aromatic rings. The van der Waals surface area contributed by atoms with Gasteiger partial charge in [0.25, 0.3) is 0 Å². The minimum Gasteiger partial charge on any atom is -0.366 e. The molecule has 2 nitrogen and oxygen atoms in total. The molecule has 1 aromatic carbocycles. The van der Waals surface area contributed by atoms with E-state index in [1.807, 2.05) is 11.8 Å². The summed E-state index contributed by atoms with van der Waals surface area (Å²) in [6, 6.07) is 2.39. The van der Waals surface area contributed by atoms with Crippen LogP contribution < -0.4 is 10.2 Å². The summed E-state index contributed by atoms with van der Waals surface area (Å²) in [6.07, 6.45) is 2.05. The van der Waals surface area contributed by atoms with Gasteiger partial charge in [0.2, 0.25) is 0 Å². The summed E-state index contributed by atoms with van der Waals surface area (Å²) in [4.78, 5) is 1.90. The average molecular weight is 275 g/mol. The first kappa shape index (κ1) is 13.6. The zero-order valence-corrected chi connectivity index (χ0v) is 11.1. The van der Waals surface area contributed by atoms with Gasteiger partial charge in [-0.15, -0.1) is 0 Å². The molecule has 1 aliphatic rings. The van der Waals surface area contributed by atoms with Crippen LogP contribution in [0.2, 0.25) is 5.02 Å². The third-order valence-corrected chi connectivity index (χ3v) is 3.50. The van der Waals surface area contributed by atoms with Crippen molar-refractivity contribution in [2.24, 2.45) is 0 Å². The van der Waals surface area contributed by atoms with Crippen LogP contribution in [0.3, 0.4) is 0 Å². The summed E-state index contributed by atoms with van der Waals surface area (Å²) >= 11 is 5.95. The van der Waals surface area contributed by atoms with Crippen molar-refractivity contribution in [1.82, 2.24) is 5.32 Å². The highest BCUT2D eigenvalue weighted by molar-refractivity contribution is 6.33. The molecule has 2 rings (SSSR count). The van der Waals surface area contributed by atoms with Gasteiger partial charge >= 0.3 is 0 Å². The zero-order valence-electron chi connectivity index (χ0n) is 10.3. The second-order valence-corrected chi connectivity index (χ2v) is 4.97. The Bertz CT molecular complexity index is 400. The number of hydrogen-bond acceptors (Lipinski definition) is 2. The van der Waals surface area contributed by atoms with Crippen molar-refractivity contribution < 1.29 is 8.78 Å². The maximum Gasteiger partial charge on any atom is 0.150 e. The van der Waals surface area contributed by atoms with Crippen molar-refractivity contribution in [3.63, 3.8) is 0 Å². The van der Waals surface area contributed by atoms with Crippen molar-refractivity contribution in [3.05, 3.63) is 28.8 Å². The Morgan fingerprint density at radius 3 is 2.89 bits per heavy atom. The van der Waals surface area contributed by atoms with E-state index < -0.39 is 11.6 Å². The lowest BCUT2D eigenvalue weighted by Crippen LogP contribution is -2.46. The molecule has 0 saturated carbocycles. The SMILES string of the molecule is CCNC1CCCN(c2c(F)cc(F)cc2Cl)C1. The van der Waals surface area contributed by atoms with E-state index in [2.05, 4.69) is 5.32 Å². The smallest absolute Gasteiger partial charge is 0.150 e. The molecule has 1 N–H and O–H groups in total. The molecule has 1 aliphatic heterocycles. The molecular weight excluding hydrogens is 258 g/mol. The maximum atomic E-state index is 13.8. The Morgan fingerprint density at radius 1 is 1.44 bits per heavy atom. The van der Waals surface area contributed by atoms with Crippen LogP contribution in [-0.4, -0.2) is 25.7 Å². The van der Waals surface area contributed by atoms with Crippen LogP contribution in [0, 0.1) is 11.6 Å². The highest BCUT2D eigenvalue weighted by Crippen LogP contribution is 2.31. The quantitative estimate of drug-likeness (QED) is 0.911. The lowest BCUT2D eigenvalue weighted by molar-refractivity contribution is 0.427. The molecule has 0 spiro atoms. The van der Waals surface area contributed by atoms with Gasteiger partial charge in [-0.25, -0.2) is 8.78 Å². The third-order valence-electron chi connectivity index (χ3n) is 3.21. The van der Waals surface area contributed by atoms with Gasteiger partial charge in [-0.2, -0.15) is 0 Å². The van der Waals surface area contributed by atoms with E-state index in [4.69, 9.17) is 11.6 Å². The number of nitrogens with one attached hydrogen (secondary N) is 1. The van der Waals surface area contributed by atoms with E-state index in [-0.39, 0.29) is 5.02 Å².